The number of hydrogen-bond donors (Lipinski definition) is 5. The molecule has 0 fully saturated rings. The Morgan fingerprint density at radius 3 is 2.53 bits per heavy atom. The van der Waals surface area contributed by atoms with Gasteiger partial charge in [-0.15, -0.1) is 0 Å². The van der Waals surface area contributed by atoms with Gasteiger partial charge in [0.25, 0.3) is 0 Å². The first kappa shape index (κ1) is 13.8. The molecule has 0 aliphatic rings. The van der Waals surface area contributed by atoms with Crippen molar-refractivity contribution in [2.24, 2.45) is 5.73 Å². The van der Waals surface area contributed by atoms with E-state index in [0.717, 1.165) is 0 Å². The topological polar surface area (TPSA) is 116 Å². The van der Waals surface area contributed by atoms with Crippen molar-refractivity contribution in [3.8, 4) is 0 Å². The van der Waals surface area contributed by atoms with Crippen molar-refractivity contribution in [3.63, 3.8) is 0 Å². The zero-order chi connectivity index (χ0) is 11.7. The number of amides is 2. The van der Waals surface area contributed by atoms with Crippen LogP contribution < -0.4 is 21.7 Å². The van der Waals surface area contributed by atoms with Gasteiger partial charge in [-0.2, -0.15) is 0 Å². The third-order valence-corrected chi connectivity index (χ3v) is 1.69. The molecule has 88 valence electrons. The number of nitrogens with two attached hydrogens (primary N) is 1. The Morgan fingerprint density at radius 2 is 2.07 bits per heavy atom. The van der Waals surface area contributed by atoms with Crippen LogP contribution in [0.15, 0.2) is 0 Å². The quantitative estimate of drug-likeness (QED) is 0.288. The highest BCUT2D eigenvalue weighted by Crippen LogP contribution is 1.82. The van der Waals surface area contributed by atoms with Crippen LogP contribution in [0.1, 0.15) is 0 Å². The minimum absolute atomic E-state index is 0.208. The normalized spacial score (nSPS) is 11.9. The van der Waals surface area contributed by atoms with Gasteiger partial charge in [0.05, 0.1) is 13.2 Å². The van der Waals surface area contributed by atoms with Crippen LogP contribution in [0.3, 0.4) is 0 Å². The minimum Gasteiger partial charge on any atom is -0.394 e. The van der Waals surface area contributed by atoms with Crippen molar-refractivity contribution < 1.29 is 14.7 Å². The van der Waals surface area contributed by atoms with Crippen molar-refractivity contribution >= 4 is 11.8 Å². The fourth-order valence-electron chi connectivity index (χ4n) is 0.881. The van der Waals surface area contributed by atoms with Crippen LogP contribution in [0.2, 0.25) is 0 Å². The molecule has 0 aliphatic carbocycles. The van der Waals surface area contributed by atoms with Crippen LogP contribution in [0.25, 0.3) is 0 Å². The monoisotopic (exact) mass is 218 g/mol. The zero-order valence-electron chi connectivity index (χ0n) is 8.75. The molecule has 1 atom stereocenters. The predicted octanol–water partition coefficient (Wildman–Crippen LogP) is -3.24. The van der Waals surface area contributed by atoms with Gasteiger partial charge >= 0.3 is 0 Å². The van der Waals surface area contributed by atoms with E-state index in [0.29, 0.717) is 13.1 Å². The van der Waals surface area contributed by atoms with Crippen LogP contribution in [-0.4, -0.2) is 56.3 Å². The third kappa shape index (κ3) is 6.00. The smallest absolute Gasteiger partial charge is 0.245 e. The summed E-state index contributed by atoms with van der Waals surface area (Å²) in [6, 6.07) is -0.932. The molecule has 2 amide bonds. The highest BCUT2D eigenvalue weighted by molar-refractivity contribution is 5.88. The van der Waals surface area contributed by atoms with Gasteiger partial charge in [-0.25, -0.2) is 0 Å². The average Bonchev–Trinajstić information content (AvgIpc) is 2.25. The molecule has 0 saturated carbocycles. The summed E-state index contributed by atoms with van der Waals surface area (Å²) < 4.78 is 0. The molecule has 0 bridgehead atoms. The Hall–Kier alpha value is -1.18. The van der Waals surface area contributed by atoms with E-state index in [2.05, 4.69) is 16.0 Å². The predicted molar refractivity (Wildman–Crippen MR) is 55.0 cm³/mol. The summed E-state index contributed by atoms with van der Waals surface area (Å²) in [6.45, 7) is 0.399. The van der Waals surface area contributed by atoms with E-state index in [1.807, 2.05) is 0 Å². The van der Waals surface area contributed by atoms with Crippen molar-refractivity contribution in [1.82, 2.24) is 16.0 Å². The van der Waals surface area contributed by atoms with Crippen LogP contribution in [-0.2, 0) is 9.59 Å². The molecule has 6 N–H and O–H groups in total. The van der Waals surface area contributed by atoms with E-state index in [1.54, 1.807) is 7.05 Å². The highest BCUT2D eigenvalue weighted by Gasteiger charge is 2.18. The van der Waals surface area contributed by atoms with E-state index in [4.69, 9.17) is 10.8 Å². The molecule has 7 nitrogen and oxygen atoms in total. The second-order valence-electron chi connectivity index (χ2n) is 2.90. The first-order valence-corrected chi connectivity index (χ1v) is 4.68. The van der Waals surface area contributed by atoms with Crippen molar-refractivity contribution in [2.75, 3.05) is 33.3 Å². The lowest BCUT2D eigenvalue weighted by atomic mass is 10.3. The molecule has 0 saturated heterocycles. The molecule has 0 rings (SSSR count). The Bertz CT molecular complexity index is 210. The SMILES string of the molecule is CNCCNC(=O)[C@H](CO)NC(=O)CN. The number of nitrogens with one attached hydrogen (secondary N) is 3. The number of rotatable bonds is 7. The molecule has 0 aromatic carbocycles. The van der Waals surface area contributed by atoms with E-state index in [9.17, 15) is 9.59 Å². The van der Waals surface area contributed by atoms with E-state index in [1.165, 1.54) is 0 Å². The standard InChI is InChI=1S/C8H18N4O3/c1-10-2-3-11-8(15)6(5-13)12-7(14)4-9/h6,10,13H,2-5,9H2,1H3,(H,11,15)(H,12,14)/t6-/m0/s1. The summed E-state index contributed by atoms with van der Waals surface area (Å²) in [5.41, 5.74) is 5.06. The van der Waals surface area contributed by atoms with Crippen molar-refractivity contribution in [2.45, 2.75) is 6.04 Å². The molecular weight excluding hydrogens is 200 g/mol. The maximum atomic E-state index is 11.3. The lowest BCUT2D eigenvalue weighted by Crippen LogP contribution is -2.51. The first-order valence-electron chi connectivity index (χ1n) is 4.68. The van der Waals surface area contributed by atoms with Gasteiger partial charge in [0.1, 0.15) is 6.04 Å². The van der Waals surface area contributed by atoms with Crippen molar-refractivity contribution in [1.29, 1.82) is 0 Å². The van der Waals surface area contributed by atoms with Crippen LogP contribution in [0.5, 0.6) is 0 Å². The number of carbonyl (C=O) groups is 2. The van der Waals surface area contributed by atoms with Crippen LogP contribution in [0.4, 0.5) is 0 Å². The summed E-state index contributed by atoms with van der Waals surface area (Å²) >= 11 is 0. The van der Waals surface area contributed by atoms with Gasteiger partial charge in [-0.05, 0) is 7.05 Å². The largest absolute Gasteiger partial charge is 0.394 e. The summed E-state index contributed by atoms with van der Waals surface area (Å²) in [7, 11) is 1.76. The van der Waals surface area contributed by atoms with Gasteiger partial charge < -0.3 is 26.8 Å². The second-order valence-corrected chi connectivity index (χ2v) is 2.90. The molecule has 0 aliphatic heterocycles. The van der Waals surface area contributed by atoms with E-state index in [-0.39, 0.29) is 6.54 Å². The summed E-state index contributed by atoms with van der Waals surface area (Å²) in [6.07, 6.45) is 0. The molecule has 0 unspecified atom stereocenters. The fourth-order valence-corrected chi connectivity index (χ4v) is 0.881. The number of carbonyl (C=O) groups excluding carboxylic acids is 2. The average molecular weight is 218 g/mol. The molecule has 0 aromatic heterocycles. The third-order valence-electron chi connectivity index (χ3n) is 1.69. The molecular formula is C8H18N4O3. The summed E-state index contributed by atoms with van der Waals surface area (Å²) in [5, 5.41) is 16.6. The maximum Gasteiger partial charge on any atom is 0.245 e. The Kier molecular flexibility index (Phi) is 7.51. The number of likely N-dealkylation sites (N-methyl/N-ethyl adjacent to an activating group) is 1. The Balaban J connectivity index is 3.93. The van der Waals surface area contributed by atoms with Gasteiger partial charge in [0.2, 0.25) is 11.8 Å². The Labute approximate surface area is 88.4 Å². The second kappa shape index (κ2) is 8.16. The highest BCUT2D eigenvalue weighted by atomic mass is 16.3. The summed E-state index contributed by atoms with van der Waals surface area (Å²) in [4.78, 5) is 22.2. The molecule has 15 heavy (non-hydrogen) atoms. The number of aliphatic hydroxyl groups is 1. The van der Waals surface area contributed by atoms with Crippen LogP contribution >= 0.6 is 0 Å². The van der Waals surface area contributed by atoms with Crippen LogP contribution in [0, 0.1) is 0 Å². The minimum atomic E-state index is -0.932. The number of hydrogen-bond acceptors (Lipinski definition) is 5. The lowest BCUT2D eigenvalue weighted by molar-refractivity contribution is -0.129. The molecule has 0 radical (unpaired) electrons. The van der Waals surface area contributed by atoms with Gasteiger partial charge in [0, 0.05) is 13.1 Å². The molecule has 0 spiro atoms. The number of aliphatic hydroxyl groups excluding tert-OH is 1. The molecule has 0 aromatic rings. The molecule has 7 heteroatoms. The van der Waals surface area contributed by atoms with E-state index >= 15 is 0 Å². The van der Waals surface area contributed by atoms with Gasteiger partial charge in [-0.3, -0.25) is 9.59 Å². The van der Waals surface area contributed by atoms with Gasteiger partial charge in [0.15, 0.2) is 0 Å². The maximum absolute atomic E-state index is 11.3. The summed E-state index contributed by atoms with van der Waals surface area (Å²) in [5.74, 6) is -0.896. The molecule has 0 heterocycles. The zero-order valence-corrected chi connectivity index (χ0v) is 8.75. The Morgan fingerprint density at radius 1 is 1.40 bits per heavy atom. The van der Waals surface area contributed by atoms with Crippen molar-refractivity contribution in [3.05, 3.63) is 0 Å². The fraction of sp³-hybridized carbons (Fsp3) is 0.750. The first-order chi connectivity index (χ1) is 7.15. The van der Waals surface area contributed by atoms with E-state index < -0.39 is 24.5 Å². The van der Waals surface area contributed by atoms with Gasteiger partial charge in [-0.1, -0.05) is 0 Å². The lowest BCUT2D eigenvalue weighted by Gasteiger charge is -2.15.